The van der Waals surface area contributed by atoms with E-state index in [-0.39, 0.29) is 5.43 Å². The molecule has 0 radical (unpaired) electrons. The Kier molecular flexibility index (Phi) is 2.11. The molecule has 0 N–H and O–H groups in total. The molecule has 0 aliphatic rings. The number of rotatable bonds is 1. The Labute approximate surface area is 97.9 Å². The van der Waals surface area contributed by atoms with E-state index >= 15 is 0 Å². The number of benzene rings is 1. The molecule has 1 aromatic carbocycles. The maximum absolute atomic E-state index is 12.3. The Hall–Kier alpha value is -2.29. The van der Waals surface area contributed by atoms with Gasteiger partial charge in [0.05, 0.1) is 17.3 Å². The second kappa shape index (κ2) is 3.63. The van der Waals surface area contributed by atoms with Gasteiger partial charge < -0.3 is 8.98 Å². The molecule has 0 aliphatic heterocycles. The van der Waals surface area contributed by atoms with E-state index in [1.165, 1.54) is 0 Å². The molecule has 17 heavy (non-hydrogen) atoms. The van der Waals surface area contributed by atoms with Crippen LogP contribution in [-0.4, -0.2) is 4.57 Å². The molecule has 0 spiro atoms. The number of fused-ring (bicyclic) bond motifs is 1. The van der Waals surface area contributed by atoms with Crippen molar-refractivity contribution in [3.05, 3.63) is 59.1 Å². The highest BCUT2D eigenvalue weighted by molar-refractivity contribution is 5.83. The van der Waals surface area contributed by atoms with Crippen molar-refractivity contribution >= 4 is 10.9 Å². The molecule has 0 unspecified atom stereocenters. The van der Waals surface area contributed by atoms with Crippen LogP contribution in [-0.2, 0) is 7.05 Å². The third kappa shape index (κ3) is 1.47. The zero-order valence-corrected chi connectivity index (χ0v) is 9.38. The first-order valence-electron chi connectivity index (χ1n) is 5.39. The van der Waals surface area contributed by atoms with Crippen molar-refractivity contribution in [2.45, 2.75) is 0 Å². The van der Waals surface area contributed by atoms with Crippen LogP contribution in [0.5, 0.6) is 0 Å². The second-order valence-electron chi connectivity index (χ2n) is 3.98. The highest BCUT2D eigenvalue weighted by atomic mass is 16.3. The monoisotopic (exact) mass is 225 g/mol. The van der Waals surface area contributed by atoms with Crippen molar-refractivity contribution in [2.75, 3.05) is 0 Å². The summed E-state index contributed by atoms with van der Waals surface area (Å²) in [6.45, 7) is 0. The number of hydrogen-bond acceptors (Lipinski definition) is 2. The molecule has 0 atom stereocenters. The van der Waals surface area contributed by atoms with E-state index in [0.29, 0.717) is 16.7 Å². The van der Waals surface area contributed by atoms with Crippen LogP contribution in [0.25, 0.3) is 22.2 Å². The van der Waals surface area contributed by atoms with Crippen LogP contribution in [0, 0.1) is 0 Å². The van der Waals surface area contributed by atoms with Crippen molar-refractivity contribution in [1.82, 2.24) is 4.57 Å². The number of para-hydroxylation sites is 1. The lowest BCUT2D eigenvalue weighted by Crippen LogP contribution is -2.09. The van der Waals surface area contributed by atoms with E-state index in [9.17, 15) is 4.79 Å². The molecule has 3 nitrogen and oxygen atoms in total. The SMILES string of the molecule is Cn1cc(-c2ccco2)c(=O)c2ccccc21. The molecule has 0 amide bonds. The van der Waals surface area contributed by atoms with Gasteiger partial charge in [0.15, 0.2) is 5.43 Å². The number of aryl methyl sites for hydroxylation is 1. The lowest BCUT2D eigenvalue weighted by molar-refractivity contribution is 0.581. The fraction of sp³-hybridized carbons (Fsp3) is 0.0714. The molecule has 0 saturated carbocycles. The van der Waals surface area contributed by atoms with Crippen molar-refractivity contribution in [3.63, 3.8) is 0 Å². The van der Waals surface area contributed by atoms with E-state index in [0.717, 1.165) is 5.52 Å². The number of aromatic nitrogens is 1. The fourth-order valence-electron chi connectivity index (χ4n) is 2.05. The summed E-state index contributed by atoms with van der Waals surface area (Å²) in [5, 5.41) is 0.712. The molecule has 3 heteroatoms. The summed E-state index contributed by atoms with van der Waals surface area (Å²) in [6, 6.07) is 11.1. The maximum Gasteiger partial charge on any atom is 0.200 e. The molecule has 3 rings (SSSR count). The third-order valence-corrected chi connectivity index (χ3v) is 2.88. The van der Waals surface area contributed by atoms with Crippen molar-refractivity contribution in [1.29, 1.82) is 0 Å². The standard InChI is InChI=1S/C14H11NO2/c1-15-9-11(13-7-4-8-17-13)14(16)10-5-2-3-6-12(10)15/h2-9H,1H3. The van der Waals surface area contributed by atoms with E-state index in [1.807, 2.05) is 42.1 Å². The van der Waals surface area contributed by atoms with E-state index in [4.69, 9.17) is 4.42 Å². The van der Waals surface area contributed by atoms with Gasteiger partial charge in [-0.05, 0) is 24.3 Å². The third-order valence-electron chi connectivity index (χ3n) is 2.88. The summed E-state index contributed by atoms with van der Waals surface area (Å²) in [6.07, 6.45) is 3.38. The summed E-state index contributed by atoms with van der Waals surface area (Å²) in [7, 11) is 1.92. The number of hydrogen-bond donors (Lipinski definition) is 0. The van der Waals surface area contributed by atoms with E-state index in [2.05, 4.69) is 0 Å². The normalized spacial score (nSPS) is 10.9. The van der Waals surface area contributed by atoms with Gasteiger partial charge in [-0.15, -0.1) is 0 Å². The predicted molar refractivity (Wildman–Crippen MR) is 66.9 cm³/mol. The number of pyridine rings is 1. The maximum atomic E-state index is 12.3. The molecule has 3 aromatic rings. The first-order chi connectivity index (χ1) is 8.27. The van der Waals surface area contributed by atoms with Gasteiger partial charge in [0.2, 0.25) is 0 Å². The van der Waals surface area contributed by atoms with Crippen LogP contribution in [0.2, 0.25) is 0 Å². The van der Waals surface area contributed by atoms with Gasteiger partial charge in [-0.25, -0.2) is 0 Å². The first kappa shape index (κ1) is 9.90. The zero-order chi connectivity index (χ0) is 11.8. The Morgan fingerprint density at radius 2 is 1.94 bits per heavy atom. The minimum absolute atomic E-state index is 0.00801. The molecule has 84 valence electrons. The van der Waals surface area contributed by atoms with Crippen LogP contribution in [0.4, 0.5) is 0 Å². The van der Waals surface area contributed by atoms with Gasteiger partial charge in [0.25, 0.3) is 0 Å². The summed E-state index contributed by atoms with van der Waals surface area (Å²) in [5.41, 5.74) is 1.53. The van der Waals surface area contributed by atoms with Gasteiger partial charge in [0, 0.05) is 18.6 Å². The molecule has 2 aromatic heterocycles. The molecule has 2 heterocycles. The average molecular weight is 225 g/mol. The Morgan fingerprint density at radius 1 is 1.12 bits per heavy atom. The van der Waals surface area contributed by atoms with Crippen molar-refractivity contribution in [3.8, 4) is 11.3 Å². The summed E-state index contributed by atoms with van der Waals surface area (Å²) >= 11 is 0. The largest absolute Gasteiger partial charge is 0.464 e. The molecule has 0 fully saturated rings. The van der Waals surface area contributed by atoms with Crippen LogP contribution in [0.3, 0.4) is 0 Å². The van der Waals surface area contributed by atoms with Gasteiger partial charge in [-0.2, -0.15) is 0 Å². The van der Waals surface area contributed by atoms with E-state index in [1.54, 1.807) is 18.4 Å². The van der Waals surface area contributed by atoms with Crippen molar-refractivity contribution in [2.24, 2.45) is 7.05 Å². The summed E-state index contributed by atoms with van der Waals surface area (Å²) in [4.78, 5) is 12.3. The topological polar surface area (TPSA) is 35.1 Å². The number of nitrogens with zero attached hydrogens (tertiary/aromatic N) is 1. The fourth-order valence-corrected chi connectivity index (χ4v) is 2.05. The molecule has 0 bridgehead atoms. The van der Waals surface area contributed by atoms with E-state index < -0.39 is 0 Å². The quantitative estimate of drug-likeness (QED) is 0.638. The first-order valence-corrected chi connectivity index (χ1v) is 5.39. The predicted octanol–water partition coefficient (Wildman–Crippen LogP) is 2.80. The highest BCUT2D eigenvalue weighted by Crippen LogP contribution is 2.19. The van der Waals surface area contributed by atoms with Crippen LogP contribution in [0.15, 0.2) is 58.1 Å². The van der Waals surface area contributed by atoms with Crippen LogP contribution in [0.1, 0.15) is 0 Å². The lowest BCUT2D eigenvalue weighted by Gasteiger charge is -2.07. The molecular formula is C14H11NO2. The van der Waals surface area contributed by atoms with Gasteiger partial charge in [-0.3, -0.25) is 4.79 Å². The molecule has 0 aliphatic carbocycles. The average Bonchev–Trinajstić information content (AvgIpc) is 2.87. The lowest BCUT2D eigenvalue weighted by atomic mass is 10.1. The zero-order valence-electron chi connectivity index (χ0n) is 9.38. The smallest absolute Gasteiger partial charge is 0.200 e. The Morgan fingerprint density at radius 3 is 2.71 bits per heavy atom. The minimum atomic E-state index is 0.00801. The molecule has 0 saturated heterocycles. The van der Waals surface area contributed by atoms with Crippen molar-refractivity contribution < 1.29 is 4.42 Å². The second-order valence-corrected chi connectivity index (χ2v) is 3.98. The van der Waals surface area contributed by atoms with Gasteiger partial charge in [-0.1, -0.05) is 12.1 Å². The van der Waals surface area contributed by atoms with Crippen LogP contribution >= 0.6 is 0 Å². The van der Waals surface area contributed by atoms with Gasteiger partial charge >= 0.3 is 0 Å². The van der Waals surface area contributed by atoms with Gasteiger partial charge in [0.1, 0.15) is 5.76 Å². The summed E-state index contributed by atoms with van der Waals surface area (Å²) < 4.78 is 7.23. The van der Waals surface area contributed by atoms with Crippen LogP contribution < -0.4 is 5.43 Å². The molecular weight excluding hydrogens is 214 g/mol. The minimum Gasteiger partial charge on any atom is -0.464 e. The number of furan rings is 1. The summed E-state index contributed by atoms with van der Waals surface area (Å²) in [5.74, 6) is 0.608. The Bertz CT molecular complexity index is 724. The highest BCUT2D eigenvalue weighted by Gasteiger charge is 2.10. The Balaban J connectivity index is 2.43.